The lowest BCUT2D eigenvalue weighted by atomic mass is 10.1. The fourth-order valence-electron chi connectivity index (χ4n) is 3.71. The standard InChI is InChI=1S/C27H33N3O2S/c1-5-22(4)30(27(32)28-26-20(2)11-9-12-21(26)3)19-25(31)29(18-24-15-10-16-33-24)17-23-13-7-6-8-14-23/h6-16,22H,5,17-19H2,1-4H3,(H,28,32). The lowest BCUT2D eigenvalue weighted by Gasteiger charge is -2.31. The molecule has 0 aliphatic heterocycles. The van der Waals surface area contributed by atoms with Gasteiger partial charge in [0.2, 0.25) is 5.91 Å². The molecule has 5 nitrogen and oxygen atoms in total. The number of rotatable bonds is 9. The van der Waals surface area contributed by atoms with Crippen molar-refractivity contribution < 1.29 is 9.59 Å². The van der Waals surface area contributed by atoms with Gasteiger partial charge < -0.3 is 15.1 Å². The molecular formula is C27H33N3O2S. The molecule has 1 aromatic heterocycles. The fourth-order valence-corrected chi connectivity index (χ4v) is 4.43. The second kappa shape index (κ2) is 11.7. The van der Waals surface area contributed by atoms with Crippen LogP contribution in [-0.4, -0.2) is 34.3 Å². The van der Waals surface area contributed by atoms with Gasteiger partial charge in [-0.15, -0.1) is 11.3 Å². The zero-order chi connectivity index (χ0) is 23.8. The molecule has 6 heteroatoms. The number of thiophene rings is 1. The first-order valence-electron chi connectivity index (χ1n) is 11.4. The van der Waals surface area contributed by atoms with Crippen LogP contribution in [0.25, 0.3) is 0 Å². The third kappa shape index (κ3) is 6.68. The normalized spacial score (nSPS) is 11.6. The SMILES string of the molecule is CCC(C)N(CC(=O)N(Cc1ccccc1)Cc1cccs1)C(=O)Nc1c(C)cccc1C. The van der Waals surface area contributed by atoms with E-state index >= 15 is 0 Å². The second-order valence-electron chi connectivity index (χ2n) is 8.40. The maximum atomic E-state index is 13.5. The van der Waals surface area contributed by atoms with Crippen LogP contribution in [0.5, 0.6) is 0 Å². The highest BCUT2D eigenvalue weighted by Crippen LogP contribution is 2.21. The molecule has 0 aliphatic carbocycles. The van der Waals surface area contributed by atoms with Crippen LogP contribution in [0.4, 0.5) is 10.5 Å². The molecule has 1 atom stereocenters. The van der Waals surface area contributed by atoms with E-state index in [9.17, 15) is 9.59 Å². The van der Waals surface area contributed by atoms with Gasteiger partial charge in [-0.3, -0.25) is 4.79 Å². The summed E-state index contributed by atoms with van der Waals surface area (Å²) in [7, 11) is 0. The van der Waals surface area contributed by atoms with Crippen LogP contribution < -0.4 is 5.32 Å². The Kier molecular flexibility index (Phi) is 8.66. The molecule has 0 saturated heterocycles. The highest BCUT2D eigenvalue weighted by atomic mass is 32.1. The zero-order valence-electron chi connectivity index (χ0n) is 19.9. The van der Waals surface area contributed by atoms with Gasteiger partial charge >= 0.3 is 6.03 Å². The average molecular weight is 464 g/mol. The topological polar surface area (TPSA) is 52.7 Å². The Morgan fingerprint density at radius 2 is 1.64 bits per heavy atom. The summed E-state index contributed by atoms with van der Waals surface area (Å²) in [5, 5.41) is 5.07. The number of nitrogens with one attached hydrogen (secondary N) is 1. The summed E-state index contributed by atoms with van der Waals surface area (Å²) in [6.45, 7) is 9.03. The number of amides is 3. The summed E-state index contributed by atoms with van der Waals surface area (Å²) < 4.78 is 0. The molecular weight excluding hydrogens is 430 g/mol. The maximum Gasteiger partial charge on any atom is 0.322 e. The Hall–Kier alpha value is -3.12. The minimum atomic E-state index is -0.245. The van der Waals surface area contributed by atoms with E-state index in [1.165, 1.54) is 0 Å². The number of carbonyl (C=O) groups is 2. The molecule has 0 fully saturated rings. The molecule has 33 heavy (non-hydrogen) atoms. The van der Waals surface area contributed by atoms with Gasteiger partial charge in [0.05, 0.1) is 6.54 Å². The van der Waals surface area contributed by atoms with Gasteiger partial charge in [0.1, 0.15) is 6.54 Å². The second-order valence-corrected chi connectivity index (χ2v) is 9.43. The number of hydrogen-bond donors (Lipinski definition) is 1. The number of aryl methyl sites for hydroxylation is 2. The third-order valence-corrected chi connectivity index (χ3v) is 6.76. The van der Waals surface area contributed by atoms with Crippen molar-refractivity contribution in [3.8, 4) is 0 Å². The monoisotopic (exact) mass is 463 g/mol. The van der Waals surface area contributed by atoms with Gasteiger partial charge in [0, 0.05) is 23.2 Å². The van der Waals surface area contributed by atoms with E-state index in [0.717, 1.165) is 33.7 Å². The van der Waals surface area contributed by atoms with Gasteiger partial charge in [0.25, 0.3) is 0 Å². The van der Waals surface area contributed by atoms with E-state index in [1.54, 1.807) is 16.2 Å². The van der Waals surface area contributed by atoms with Crippen LogP contribution in [0.3, 0.4) is 0 Å². The Morgan fingerprint density at radius 1 is 0.939 bits per heavy atom. The van der Waals surface area contributed by atoms with Crippen molar-refractivity contribution >= 4 is 29.0 Å². The molecule has 3 rings (SSSR count). The molecule has 0 spiro atoms. The molecule has 2 aromatic carbocycles. The summed E-state index contributed by atoms with van der Waals surface area (Å²) in [6.07, 6.45) is 0.761. The van der Waals surface area contributed by atoms with E-state index in [-0.39, 0.29) is 24.5 Å². The number of anilines is 1. The molecule has 0 radical (unpaired) electrons. The first-order chi connectivity index (χ1) is 15.9. The number of benzene rings is 2. The van der Waals surface area contributed by atoms with Crippen LogP contribution in [0, 0.1) is 13.8 Å². The molecule has 1 unspecified atom stereocenters. The van der Waals surface area contributed by atoms with E-state index < -0.39 is 0 Å². The van der Waals surface area contributed by atoms with Crippen LogP contribution in [-0.2, 0) is 17.9 Å². The largest absolute Gasteiger partial charge is 0.332 e. The molecule has 0 aliphatic rings. The average Bonchev–Trinajstić information content (AvgIpc) is 3.32. The van der Waals surface area contributed by atoms with Gasteiger partial charge in [-0.2, -0.15) is 0 Å². The molecule has 0 bridgehead atoms. The summed E-state index contributed by atoms with van der Waals surface area (Å²) in [4.78, 5) is 31.4. The number of nitrogens with zero attached hydrogens (tertiary/aromatic N) is 2. The van der Waals surface area contributed by atoms with Crippen molar-refractivity contribution in [2.75, 3.05) is 11.9 Å². The van der Waals surface area contributed by atoms with Crippen molar-refractivity contribution in [1.82, 2.24) is 9.80 Å². The lowest BCUT2D eigenvalue weighted by molar-refractivity contribution is -0.133. The number of carbonyl (C=O) groups excluding carboxylic acids is 2. The fraction of sp³-hybridized carbons (Fsp3) is 0.333. The van der Waals surface area contributed by atoms with E-state index in [0.29, 0.717) is 13.1 Å². The minimum absolute atomic E-state index is 0.0317. The third-order valence-electron chi connectivity index (χ3n) is 5.90. The van der Waals surface area contributed by atoms with Gasteiger partial charge in [0.15, 0.2) is 0 Å². The van der Waals surface area contributed by atoms with E-state index in [4.69, 9.17) is 0 Å². The number of para-hydroxylation sites is 1. The Balaban J connectivity index is 1.80. The Labute approximate surface area is 201 Å². The van der Waals surface area contributed by atoms with Crippen molar-refractivity contribution in [3.63, 3.8) is 0 Å². The molecule has 174 valence electrons. The first-order valence-corrected chi connectivity index (χ1v) is 12.2. The molecule has 0 saturated carbocycles. The molecule has 3 aromatic rings. The van der Waals surface area contributed by atoms with Crippen LogP contribution in [0.1, 0.15) is 41.8 Å². The van der Waals surface area contributed by atoms with Crippen molar-refractivity contribution in [3.05, 3.63) is 87.6 Å². The highest BCUT2D eigenvalue weighted by Gasteiger charge is 2.26. The quantitative estimate of drug-likeness (QED) is 0.409. The van der Waals surface area contributed by atoms with Gasteiger partial charge in [-0.1, -0.05) is 61.5 Å². The van der Waals surface area contributed by atoms with Crippen molar-refractivity contribution in [2.24, 2.45) is 0 Å². The highest BCUT2D eigenvalue weighted by molar-refractivity contribution is 7.09. The first kappa shape index (κ1) is 24.5. The maximum absolute atomic E-state index is 13.5. The Morgan fingerprint density at radius 3 is 2.24 bits per heavy atom. The van der Waals surface area contributed by atoms with Crippen LogP contribution in [0.15, 0.2) is 66.0 Å². The van der Waals surface area contributed by atoms with E-state index in [2.05, 4.69) is 5.32 Å². The molecule has 1 heterocycles. The predicted molar refractivity (Wildman–Crippen MR) is 136 cm³/mol. The minimum Gasteiger partial charge on any atom is -0.332 e. The number of hydrogen-bond acceptors (Lipinski definition) is 3. The van der Waals surface area contributed by atoms with Crippen LogP contribution >= 0.6 is 11.3 Å². The van der Waals surface area contributed by atoms with E-state index in [1.807, 2.05) is 98.6 Å². The lowest BCUT2D eigenvalue weighted by Crippen LogP contribution is -2.48. The summed E-state index contributed by atoms with van der Waals surface area (Å²) in [6, 6.07) is 19.6. The van der Waals surface area contributed by atoms with Crippen molar-refractivity contribution in [1.29, 1.82) is 0 Å². The molecule has 3 amide bonds. The van der Waals surface area contributed by atoms with Gasteiger partial charge in [-0.05, 0) is 55.3 Å². The smallest absolute Gasteiger partial charge is 0.322 e. The summed E-state index contributed by atoms with van der Waals surface area (Å²) in [5.41, 5.74) is 3.88. The van der Waals surface area contributed by atoms with Crippen LogP contribution in [0.2, 0.25) is 0 Å². The summed E-state index contributed by atoms with van der Waals surface area (Å²) >= 11 is 1.63. The summed E-state index contributed by atoms with van der Waals surface area (Å²) in [5.74, 6) is -0.0655. The van der Waals surface area contributed by atoms with Crippen molar-refractivity contribution in [2.45, 2.75) is 53.2 Å². The molecule has 1 N–H and O–H groups in total. The number of urea groups is 1. The van der Waals surface area contributed by atoms with Gasteiger partial charge in [-0.25, -0.2) is 4.79 Å². The predicted octanol–water partition coefficient (Wildman–Crippen LogP) is 6.23. The Bertz CT molecular complexity index is 1030. The zero-order valence-corrected chi connectivity index (χ0v) is 20.7.